The van der Waals surface area contributed by atoms with Gasteiger partial charge in [0.1, 0.15) is 17.1 Å². The first-order valence-electron chi connectivity index (χ1n) is 6.57. The van der Waals surface area contributed by atoms with Crippen molar-refractivity contribution in [1.82, 2.24) is 10.5 Å². The van der Waals surface area contributed by atoms with Crippen LogP contribution in [0.25, 0.3) is 0 Å². The smallest absolute Gasteiger partial charge is 0.273 e. The van der Waals surface area contributed by atoms with Crippen LogP contribution in [0.15, 0.2) is 33.4 Å². The zero-order chi connectivity index (χ0) is 14.2. The Hall–Kier alpha value is -2.08. The van der Waals surface area contributed by atoms with Gasteiger partial charge in [0.15, 0.2) is 5.69 Å². The SMILES string of the molecule is Cc1cc(C(=O)NC[C@](O)(c2ccco2)C2CC2)no1. The van der Waals surface area contributed by atoms with Crippen LogP contribution in [-0.4, -0.2) is 22.7 Å². The number of carbonyl (C=O) groups is 1. The molecule has 1 amide bonds. The number of aliphatic hydroxyl groups is 1. The monoisotopic (exact) mass is 276 g/mol. The maximum atomic E-state index is 11.9. The van der Waals surface area contributed by atoms with E-state index in [1.54, 1.807) is 25.1 Å². The maximum absolute atomic E-state index is 11.9. The highest BCUT2D eigenvalue weighted by Gasteiger charge is 2.47. The zero-order valence-electron chi connectivity index (χ0n) is 11.1. The number of furan rings is 1. The predicted octanol–water partition coefficient (Wildman–Crippen LogP) is 1.60. The molecular formula is C14H16N2O4. The van der Waals surface area contributed by atoms with Crippen molar-refractivity contribution in [2.45, 2.75) is 25.4 Å². The quantitative estimate of drug-likeness (QED) is 0.866. The summed E-state index contributed by atoms with van der Waals surface area (Å²) in [5.41, 5.74) is -0.946. The molecule has 0 aromatic carbocycles. The normalized spacial score (nSPS) is 17.7. The van der Waals surface area contributed by atoms with Crippen LogP contribution in [-0.2, 0) is 5.60 Å². The molecule has 6 heteroatoms. The number of nitrogens with one attached hydrogen (secondary N) is 1. The summed E-state index contributed by atoms with van der Waals surface area (Å²) >= 11 is 0. The molecule has 3 rings (SSSR count). The molecule has 0 bridgehead atoms. The van der Waals surface area contributed by atoms with Gasteiger partial charge in [-0.25, -0.2) is 0 Å². The fourth-order valence-corrected chi connectivity index (χ4v) is 2.30. The van der Waals surface area contributed by atoms with Gasteiger partial charge in [-0.2, -0.15) is 0 Å². The summed E-state index contributed by atoms with van der Waals surface area (Å²) in [7, 11) is 0. The number of amides is 1. The van der Waals surface area contributed by atoms with E-state index in [2.05, 4.69) is 10.5 Å². The Balaban J connectivity index is 1.70. The molecule has 1 aliphatic carbocycles. The van der Waals surface area contributed by atoms with Crippen molar-refractivity contribution in [1.29, 1.82) is 0 Å². The lowest BCUT2D eigenvalue weighted by atomic mass is 9.94. The molecule has 0 saturated heterocycles. The van der Waals surface area contributed by atoms with Crippen LogP contribution < -0.4 is 5.32 Å². The first-order chi connectivity index (χ1) is 9.59. The van der Waals surface area contributed by atoms with Gasteiger partial charge in [-0.1, -0.05) is 5.16 Å². The Morgan fingerprint density at radius 3 is 2.95 bits per heavy atom. The van der Waals surface area contributed by atoms with Gasteiger partial charge in [-0.15, -0.1) is 0 Å². The first kappa shape index (κ1) is 12.9. The van der Waals surface area contributed by atoms with E-state index in [1.807, 2.05) is 0 Å². The fraction of sp³-hybridized carbons (Fsp3) is 0.429. The van der Waals surface area contributed by atoms with Crippen LogP contribution in [0.5, 0.6) is 0 Å². The highest BCUT2D eigenvalue weighted by molar-refractivity contribution is 5.92. The molecule has 0 radical (unpaired) electrons. The van der Waals surface area contributed by atoms with E-state index in [4.69, 9.17) is 8.94 Å². The van der Waals surface area contributed by atoms with E-state index < -0.39 is 5.60 Å². The van der Waals surface area contributed by atoms with E-state index in [1.165, 1.54) is 6.26 Å². The summed E-state index contributed by atoms with van der Waals surface area (Å²) in [6.45, 7) is 1.81. The number of rotatable bonds is 5. The molecule has 106 valence electrons. The number of aryl methyl sites for hydroxylation is 1. The lowest BCUT2D eigenvalue weighted by molar-refractivity contribution is -0.00617. The fourth-order valence-electron chi connectivity index (χ4n) is 2.30. The minimum atomic E-state index is -1.15. The molecule has 0 aliphatic heterocycles. The van der Waals surface area contributed by atoms with Crippen LogP contribution in [0.3, 0.4) is 0 Å². The van der Waals surface area contributed by atoms with Gasteiger partial charge in [-0.05, 0) is 37.8 Å². The van der Waals surface area contributed by atoms with Gasteiger partial charge in [-0.3, -0.25) is 4.79 Å². The average Bonchev–Trinajstić information content (AvgIpc) is 2.98. The van der Waals surface area contributed by atoms with Crippen molar-refractivity contribution in [3.8, 4) is 0 Å². The van der Waals surface area contributed by atoms with Gasteiger partial charge in [0, 0.05) is 6.07 Å². The number of hydrogen-bond acceptors (Lipinski definition) is 5. The van der Waals surface area contributed by atoms with Crippen LogP contribution in [0.4, 0.5) is 0 Å². The Kier molecular flexibility index (Phi) is 3.10. The second-order valence-electron chi connectivity index (χ2n) is 5.18. The molecule has 1 aliphatic rings. The van der Waals surface area contributed by atoms with Crippen molar-refractivity contribution in [2.24, 2.45) is 5.92 Å². The molecule has 2 N–H and O–H groups in total. The molecule has 2 heterocycles. The van der Waals surface area contributed by atoms with Gasteiger partial charge in [0.25, 0.3) is 5.91 Å². The summed E-state index contributed by atoms with van der Waals surface area (Å²) in [6.07, 6.45) is 3.37. The van der Waals surface area contributed by atoms with Crippen LogP contribution in [0.1, 0.15) is 34.9 Å². The lowest BCUT2D eigenvalue weighted by Gasteiger charge is -2.26. The molecule has 1 fully saturated rings. The lowest BCUT2D eigenvalue weighted by Crippen LogP contribution is -2.42. The topological polar surface area (TPSA) is 88.5 Å². The molecule has 6 nitrogen and oxygen atoms in total. The summed E-state index contributed by atoms with van der Waals surface area (Å²) in [6, 6.07) is 5.01. The molecule has 1 atom stereocenters. The molecular weight excluding hydrogens is 260 g/mol. The number of aromatic nitrogens is 1. The molecule has 2 aromatic rings. The third-order valence-electron chi connectivity index (χ3n) is 3.58. The summed E-state index contributed by atoms with van der Waals surface area (Å²) in [4.78, 5) is 11.9. The highest BCUT2D eigenvalue weighted by atomic mass is 16.5. The first-order valence-corrected chi connectivity index (χ1v) is 6.57. The summed E-state index contributed by atoms with van der Waals surface area (Å²) < 4.78 is 10.2. The largest absolute Gasteiger partial charge is 0.466 e. The van der Waals surface area contributed by atoms with Crippen molar-refractivity contribution >= 4 is 5.91 Å². The van der Waals surface area contributed by atoms with Gasteiger partial charge >= 0.3 is 0 Å². The minimum absolute atomic E-state index is 0.0932. The second-order valence-corrected chi connectivity index (χ2v) is 5.18. The zero-order valence-corrected chi connectivity index (χ0v) is 11.1. The second kappa shape index (κ2) is 4.79. The molecule has 2 aromatic heterocycles. The Bertz CT molecular complexity index is 600. The molecule has 1 saturated carbocycles. The molecule has 0 spiro atoms. The summed E-state index contributed by atoms with van der Waals surface area (Å²) in [5, 5.41) is 17.1. The minimum Gasteiger partial charge on any atom is -0.466 e. The predicted molar refractivity (Wildman–Crippen MR) is 68.9 cm³/mol. The Labute approximate surface area is 115 Å². The van der Waals surface area contributed by atoms with E-state index >= 15 is 0 Å². The van der Waals surface area contributed by atoms with Crippen LogP contribution in [0.2, 0.25) is 0 Å². The third kappa shape index (κ3) is 2.34. The van der Waals surface area contributed by atoms with Crippen LogP contribution in [0, 0.1) is 12.8 Å². The number of hydrogen-bond donors (Lipinski definition) is 2. The summed E-state index contributed by atoms with van der Waals surface area (Å²) in [5.74, 6) is 0.802. The molecule has 20 heavy (non-hydrogen) atoms. The maximum Gasteiger partial charge on any atom is 0.273 e. The average molecular weight is 276 g/mol. The van der Waals surface area contributed by atoms with Gasteiger partial charge in [0.2, 0.25) is 0 Å². The molecule has 0 unspecified atom stereocenters. The van der Waals surface area contributed by atoms with Crippen molar-refractivity contribution < 1.29 is 18.8 Å². The van der Waals surface area contributed by atoms with E-state index in [0.29, 0.717) is 11.5 Å². The standard InChI is InChI=1S/C14H16N2O4/c1-9-7-11(16-20-9)13(17)15-8-14(18,10-4-5-10)12-3-2-6-19-12/h2-3,6-7,10,18H,4-5,8H2,1H3,(H,15,17)/t14-/m1/s1. The van der Waals surface area contributed by atoms with Crippen molar-refractivity contribution in [3.05, 3.63) is 41.7 Å². The van der Waals surface area contributed by atoms with E-state index in [9.17, 15) is 9.90 Å². The number of carbonyl (C=O) groups excluding carboxylic acids is 1. The highest BCUT2D eigenvalue weighted by Crippen LogP contribution is 2.45. The third-order valence-corrected chi connectivity index (χ3v) is 3.58. The van der Waals surface area contributed by atoms with Crippen molar-refractivity contribution in [2.75, 3.05) is 6.54 Å². The van der Waals surface area contributed by atoms with Crippen molar-refractivity contribution in [3.63, 3.8) is 0 Å². The van der Waals surface area contributed by atoms with Crippen LogP contribution >= 0.6 is 0 Å². The Morgan fingerprint density at radius 1 is 1.60 bits per heavy atom. The Morgan fingerprint density at radius 2 is 2.40 bits per heavy atom. The number of nitrogens with zero attached hydrogens (tertiary/aromatic N) is 1. The van der Waals surface area contributed by atoms with Gasteiger partial charge < -0.3 is 19.4 Å². The van der Waals surface area contributed by atoms with Gasteiger partial charge in [0.05, 0.1) is 12.8 Å². The van der Waals surface area contributed by atoms with E-state index in [-0.39, 0.29) is 24.1 Å². The van der Waals surface area contributed by atoms with E-state index in [0.717, 1.165) is 12.8 Å².